The monoisotopic (exact) mass is 295 g/mol. The van der Waals surface area contributed by atoms with Gasteiger partial charge in [0, 0.05) is 5.02 Å². The van der Waals surface area contributed by atoms with Crippen LogP contribution in [0.1, 0.15) is 37.4 Å². The SMILES string of the molecule is O=C(CC(O)c1ccc(Cl)cc1)NC1CC2CCC1O2. The van der Waals surface area contributed by atoms with Crippen molar-refractivity contribution in [2.24, 2.45) is 0 Å². The molecular formula is C15H18ClNO3. The van der Waals surface area contributed by atoms with Gasteiger partial charge in [0.15, 0.2) is 0 Å². The lowest BCUT2D eigenvalue weighted by atomic mass is 9.95. The highest BCUT2D eigenvalue weighted by atomic mass is 35.5. The van der Waals surface area contributed by atoms with Gasteiger partial charge < -0.3 is 15.2 Å². The second kappa shape index (κ2) is 5.72. The van der Waals surface area contributed by atoms with Crippen molar-refractivity contribution in [3.05, 3.63) is 34.9 Å². The molecule has 2 aliphatic heterocycles. The standard InChI is InChI=1S/C15H18ClNO3/c16-10-3-1-9(2-4-10)13(18)8-15(19)17-12-7-11-5-6-14(12)20-11/h1-4,11-14,18H,5-8H2,(H,17,19). The zero-order valence-electron chi connectivity index (χ0n) is 11.1. The van der Waals surface area contributed by atoms with Crippen LogP contribution in [0.3, 0.4) is 0 Å². The minimum atomic E-state index is -0.799. The van der Waals surface area contributed by atoms with E-state index in [0.29, 0.717) is 16.7 Å². The quantitative estimate of drug-likeness (QED) is 0.895. The summed E-state index contributed by atoms with van der Waals surface area (Å²) in [5.41, 5.74) is 0.703. The molecule has 2 fully saturated rings. The van der Waals surface area contributed by atoms with Crippen LogP contribution >= 0.6 is 11.6 Å². The Kier molecular flexibility index (Phi) is 3.96. The molecule has 2 heterocycles. The molecular weight excluding hydrogens is 278 g/mol. The largest absolute Gasteiger partial charge is 0.388 e. The molecule has 0 radical (unpaired) electrons. The normalized spacial score (nSPS) is 29.4. The van der Waals surface area contributed by atoms with Gasteiger partial charge in [-0.3, -0.25) is 4.79 Å². The van der Waals surface area contributed by atoms with E-state index in [1.54, 1.807) is 24.3 Å². The van der Waals surface area contributed by atoms with E-state index in [0.717, 1.165) is 19.3 Å². The molecule has 2 aliphatic rings. The number of fused-ring (bicyclic) bond motifs is 2. The number of halogens is 1. The number of hydrogen-bond donors (Lipinski definition) is 2. The van der Waals surface area contributed by atoms with E-state index >= 15 is 0 Å². The molecule has 1 aromatic carbocycles. The summed E-state index contributed by atoms with van der Waals surface area (Å²) >= 11 is 5.80. The van der Waals surface area contributed by atoms with E-state index in [1.165, 1.54) is 0 Å². The molecule has 0 aliphatic carbocycles. The lowest BCUT2D eigenvalue weighted by Crippen LogP contribution is -2.41. The predicted octanol–water partition coefficient (Wildman–Crippen LogP) is 2.20. The molecule has 2 saturated heterocycles. The molecule has 0 aromatic heterocycles. The Bertz CT molecular complexity index is 490. The molecule has 4 atom stereocenters. The Morgan fingerprint density at radius 2 is 2.15 bits per heavy atom. The molecule has 1 amide bonds. The highest BCUT2D eigenvalue weighted by molar-refractivity contribution is 6.30. The summed E-state index contributed by atoms with van der Waals surface area (Å²) in [5.74, 6) is -0.131. The number of rotatable bonds is 4. The molecule has 4 nitrogen and oxygen atoms in total. The van der Waals surface area contributed by atoms with Crippen LogP contribution in [-0.2, 0) is 9.53 Å². The number of nitrogens with one attached hydrogen (secondary N) is 1. The van der Waals surface area contributed by atoms with Gasteiger partial charge in [-0.05, 0) is 37.0 Å². The van der Waals surface area contributed by atoms with Gasteiger partial charge in [-0.2, -0.15) is 0 Å². The Hall–Kier alpha value is -1.10. The smallest absolute Gasteiger partial charge is 0.223 e. The summed E-state index contributed by atoms with van der Waals surface area (Å²) in [4.78, 5) is 12.0. The molecule has 5 heteroatoms. The van der Waals surface area contributed by atoms with Gasteiger partial charge in [-0.1, -0.05) is 23.7 Å². The number of hydrogen-bond acceptors (Lipinski definition) is 3. The number of aliphatic hydroxyl groups is 1. The maximum absolute atomic E-state index is 12.0. The zero-order valence-corrected chi connectivity index (χ0v) is 11.8. The first-order valence-corrected chi connectivity index (χ1v) is 7.38. The third kappa shape index (κ3) is 2.97. The van der Waals surface area contributed by atoms with Crippen molar-refractivity contribution in [3.8, 4) is 0 Å². The van der Waals surface area contributed by atoms with Crippen LogP contribution in [-0.4, -0.2) is 29.3 Å². The van der Waals surface area contributed by atoms with Gasteiger partial charge in [0.2, 0.25) is 5.91 Å². The molecule has 20 heavy (non-hydrogen) atoms. The van der Waals surface area contributed by atoms with Crippen molar-refractivity contribution >= 4 is 17.5 Å². The fourth-order valence-electron chi connectivity index (χ4n) is 3.03. The van der Waals surface area contributed by atoms with E-state index in [2.05, 4.69) is 5.32 Å². The van der Waals surface area contributed by atoms with Crippen molar-refractivity contribution in [1.29, 1.82) is 0 Å². The van der Waals surface area contributed by atoms with E-state index in [1.807, 2.05) is 0 Å². The van der Waals surface area contributed by atoms with E-state index in [-0.39, 0.29) is 24.5 Å². The summed E-state index contributed by atoms with van der Waals surface area (Å²) in [6.45, 7) is 0. The summed E-state index contributed by atoms with van der Waals surface area (Å²) in [5, 5.41) is 13.6. The number of benzene rings is 1. The fourth-order valence-corrected chi connectivity index (χ4v) is 3.16. The highest BCUT2D eigenvalue weighted by Crippen LogP contribution is 2.34. The van der Waals surface area contributed by atoms with Crippen molar-refractivity contribution in [2.75, 3.05) is 0 Å². The maximum Gasteiger partial charge on any atom is 0.223 e. The molecule has 2 bridgehead atoms. The number of carbonyl (C=O) groups excluding carboxylic acids is 1. The van der Waals surface area contributed by atoms with Crippen LogP contribution in [0.4, 0.5) is 0 Å². The van der Waals surface area contributed by atoms with Gasteiger partial charge in [0.25, 0.3) is 0 Å². The predicted molar refractivity (Wildman–Crippen MR) is 75.5 cm³/mol. The Balaban J connectivity index is 1.52. The lowest BCUT2D eigenvalue weighted by Gasteiger charge is -2.21. The van der Waals surface area contributed by atoms with Crippen molar-refractivity contribution in [2.45, 2.75) is 50.0 Å². The maximum atomic E-state index is 12.0. The van der Waals surface area contributed by atoms with Crippen LogP contribution in [0.15, 0.2) is 24.3 Å². The molecule has 1 aromatic rings. The van der Waals surface area contributed by atoms with Gasteiger partial charge in [-0.25, -0.2) is 0 Å². The summed E-state index contributed by atoms with van der Waals surface area (Å²) < 4.78 is 5.70. The molecule has 0 spiro atoms. The first kappa shape index (κ1) is 13.9. The molecule has 108 valence electrons. The molecule has 2 N–H and O–H groups in total. The van der Waals surface area contributed by atoms with Crippen LogP contribution < -0.4 is 5.32 Å². The first-order valence-electron chi connectivity index (χ1n) is 7.00. The number of carbonyl (C=O) groups is 1. The van der Waals surface area contributed by atoms with Gasteiger partial charge in [0.05, 0.1) is 30.8 Å². The van der Waals surface area contributed by atoms with Gasteiger partial charge in [-0.15, -0.1) is 0 Å². The second-order valence-electron chi connectivity index (χ2n) is 5.56. The van der Waals surface area contributed by atoms with Crippen molar-refractivity contribution in [1.82, 2.24) is 5.32 Å². The van der Waals surface area contributed by atoms with Gasteiger partial charge in [0.1, 0.15) is 0 Å². The van der Waals surface area contributed by atoms with Crippen molar-refractivity contribution in [3.63, 3.8) is 0 Å². The van der Waals surface area contributed by atoms with Gasteiger partial charge >= 0.3 is 0 Å². The van der Waals surface area contributed by atoms with Crippen LogP contribution in [0.5, 0.6) is 0 Å². The average molecular weight is 296 g/mol. The third-order valence-electron chi connectivity index (χ3n) is 4.09. The van der Waals surface area contributed by atoms with Crippen LogP contribution in [0.2, 0.25) is 5.02 Å². The Labute approximate surface area is 123 Å². The minimum absolute atomic E-state index is 0.0650. The minimum Gasteiger partial charge on any atom is -0.388 e. The second-order valence-corrected chi connectivity index (χ2v) is 5.99. The zero-order chi connectivity index (χ0) is 14.1. The molecule has 0 saturated carbocycles. The fraction of sp³-hybridized carbons (Fsp3) is 0.533. The third-order valence-corrected chi connectivity index (χ3v) is 4.34. The van der Waals surface area contributed by atoms with Crippen LogP contribution in [0.25, 0.3) is 0 Å². The van der Waals surface area contributed by atoms with E-state index in [4.69, 9.17) is 16.3 Å². The number of ether oxygens (including phenoxy) is 1. The first-order chi connectivity index (χ1) is 9.61. The topological polar surface area (TPSA) is 58.6 Å². The van der Waals surface area contributed by atoms with Crippen molar-refractivity contribution < 1.29 is 14.6 Å². The molecule has 3 rings (SSSR count). The lowest BCUT2D eigenvalue weighted by molar-refractivity contribution is -0.124. The Morgan fingerprint density at radius 3 is 2.75 bits per heavy atom. The Morgan fingerprint density at radius 1 is 1.40 bits per heavy atom. The number of aliphatic hydroxyl groups excluding tert-OH is 1. The number of amides is 1. The molecule has 4 unspecified atom stereocenters. The summed E-state index contributed by atoms with van der Waals surface area (Å²) in [6, 6.07) is 7.00. The van der Waals surface area contributed by atoms with Crippen LogP contribution in [0, 0.1) is 0 Å². The average Bonchev–Trinajstić information content (AvgIpc) is 3.01. The van der Waals surface area contributed by atoms with E-state index < -0.39 is 6.10 Å². The summed E-state index contributed by atoms with van der Waals surface area (Å²) in [7, 11) is 0. The summed E-state index contributed by atoms with van der Waals surface area (Å²) in [6.07, 6.45) is 2.76. The van der Waals surface area contributed by atoms with E-state index in [9.17, 15) is 9.90 Å². The highest BCUT2D eigenvalue weighted by Gasteiger charge is 2.41.